The van der Waals surface area contributed by atoms with Crippen LogP contribution in [0, 0.1) is 46.3 Å². The molecule has 0 spiro atoms. The van der Waals surface area contributed by atoms with Crippen LogP contribution in [0.4, 0.5) is 13.2 Å². The summed E-state index contributed by atoms with van der Waals surface area (Å²) in [5, 5.41) is 12.5. The van der Waals surface area contributed by atoms with Crippen molar-refractivity contribution in [1.29, 1.82) is 0 Å². The second-order valence-electron chi connectivity index (χ2n) is 21.6. The summed E-state index contributed by atoms with van der Waals surface area (Å²) in [4.78, 5) is 11.8. The van der Waals surface area contributed by atoms with Gasteiger partial charge in [0.15, 0.2) is 11.6 Å². The van der Waals surface area contributed by atoms with Crippen LogP contribution in [0.1, 0.15) is 133 Å². The molecule has 6 rings (SSSR count). The molecule has 0 radical (unpaired) electrons. The van der Waals surface area contributed by atoms with Gasteiger partial charge in [-0.05, 0) is 102 Å². The van der Waals surface area contributed by atoms with E-state index in [-0.39, 0.29) is 87.6 Å². The summed E-state index contributed by atoms with van der Waals surface area (Å²) in [7, 11) is -0.389. The quantitative estimate of drug-likeness (QED) is 0.106. The molecule has 1 N–H and O–H groups in total. The minimum Gasteiger partial charge on any atom is -0.486 e. The molecule has 4 aromatic rings. The summed E-state index contributed by atoms with van der Waals surface area (Å²) in [6.07, 6.45) is 1.87. The largest absolute Gasteiger partial charge is 0.486 e. The Balaban J connectivity index is 1.69. The molecule has 12 heteroatoms. The molecular weight excluding hydrogens is 875 g/mol. The van der Waals surface area contributed by atoms with Crippen molar-refractivity contribution in [2.24, 2.45) is 23.2 Å². The van der Waals surface area contributed by atoms with Gasteiger partial charge in [0, 0.05) is 47.2 Å². The average molecular weight is 949 g/mol. The Morgan fingerprint density at radius 3 is 2.18 bits per heavy atom. The van der Waals surface area contributed by atoms with Crippen LogP contribution in [0.15, 0.2) is 42.2 Å². The molecule has 2 aliphatic heterocycles. The van der Waals surface area contributed by atoms with E-state index in [9.17, 15) is 9.50 Å². The van der Waals surface area contributed by atoms with Gasteiger partial charge in [0.1, 0.15) is 37.4 Å². The van der Waals surface area contributed by atoms with Gasteiger partial charge in [-0.2, -0.15) is 9.97 Å². The van der Waals surface area contributed by atoms with Crippen LogP contribution in [0.25, 0.3) is 32.8 Å². The van der Waals surface area contributed by atoms with E-state index in [0.29, 0.717) is 71.0 Å². The summed E-state index contributed by atoms with van der Waals surface area (Å²) in [5.74, 6) is 1.08. The highest BCUT2D eigenvalue weighted by Gasteiger charge is 2.44. The van der Waals surface area contributed by atoms with Crippen LogP contribution in [0.2, 0.25) is 21.6 Å². The van der Waals surface area contributed by atoms with Crippen molar-refractivity contribution >= 4 is 41.4 Å². The van der Waals surface area contributed by atoms with Gasteiger partial charge in [-0.15, -0.1) is 5.54 Å². The summed E-state index contributed by atoms with van der Waals surface area (Å²) in [6.45, 7) is 31.2. The number of piperidine rings is 1. The van der Waals surface area contributed by atoms with Gasteiger partial charge in [-0.25, -0.2) is 13.2 Å². The fourth-order valence-electron chi connectivity index (χ4n) is 12.0. The topological polar surface area (TPSA) is 76.9 Å². The van der Waals surface area contributed by atoms with Crippen molar-refractivity contribution in [2.75, 3.05) is 33.4 Å². The van der Waals surface area contributed by atoms with E-state index in [4.69, 9.17) is 35.8 Å². The van der Waals surface area contributed by atoms with E-state index in [1.807, 2.05) is 20.0 Å². The minimum absolute atomic E-state index is 0.00989. The van der Waals surface area contributed by atoms with Crippen LogP contribution in [-0.2, 0) is 4.74 Å². The highest BCUT2D eigenvalue weighted by Crippen LogP contribution is 2.48. The molecule has 2 fully saturated rings. The second kappa shape index (κ2) is 19.7. The Kier molecular flexibility index (Phi) is 15.5. The number of ether oxygens (including phenoxy) is 3. The first-order chi connectivity index (χ1) is 30.8. The molecular formula is C54H73ClF3N3O4Si. The number of nitrogens with zero attached hydrogens (tertiary/aromatic N) is 3. The zero-order valence-corrected chi connectivity index (χ0v) is 43.7. The lowest BCUT2D eigenvalue weighted by Crippen LogP contribution is -2.51. The first kappa shape index (κ1) is 51.7. The Bertz CT molecular complexity index is 2490. The molecule has 1 aromatic heterocycles. The van der Waals surface area contributed by atoms with E-state index in [1.165, 1.54) is 6.07 Å². The van der Waals surface area contributed by atoms with Crippen molar-refractivity contribution in [3.05, 3.63) is 70.1 Å². The van der Waals surface area contributed by atoms with Crippen LogP contribution in [0.5, 0.6) is 11.8 Å². The van der Waals surface area contributed by atoms with Gasteiger partial charge in [0.25, 0.3) is 0 Å². The van der Waals surface area contributed by atoms with Crippen molar-refractivity contribution < 1.29 is 32.5 Å². The highest BCUT2D eigenvalue weighted by atomic mass is 35.5. The third kappa shape index (κ3) is 9.65. The average Bonchev–Trinajstić information content (AvgIpc) is 3.21. The monoisotopic (exact) mass is 948 g/mol. The molecule has 2 aliphatic rings. The summed E-state index contributed by atoms with van der Waals surface area (Å²) >= 11 is 7.37. The zero-order chi connectivity index (χ0) is 48.8. The van der Waals surface area contributed by atoms with Gasteiger partial charge in [-0.1, -0.05) is 114 Å². The maximum atomic E-state index is 18.3. The van der Waals surface area contributed by atoms with Crippen LogP contribution in [0.3, 0.4) is 0 Å². The Morgan fingerprint density at radius 2 is 1.61 bits per heavy atom. The standard InChI is InChI=1S/C54H73ClF3N3O4Si/c1-31(2)54(32(3)4,33(5)6)65-40-24-37-16-17-45(57)41(20-23-66(34(7)8,35(9)10)36(11)12)46(37)42(25-40)47-44(55)26-43-49(38-19-22-64-53(14,62)27-38)59-51(60-50(43)48(47)58)63-30-52(13)29-61(15)21-18-39(52)28-56/h16-17,24-26,28,31-36,38,62H,18-19,21-22,27,29-30H2,1-15H3/b39-28+. The number of likely N-dealkylation sites (tertiary alicyclic amines) is 1. The molecule has 3 unspecified atom stereocenters. The van der Waals surface area contributed by atoms with E-state index >= 15 is 8.78 Å². The lowest BCUT2D eigenvalue weighted by atomic mass is 9.72. The minimum atomic E-state index is -2.37. The number of aromatic nitrogens is 2. The molecule has 66 heavy (non-hydrogen) atoms. The molecule has 0 aliphatic carbocycles. The molecule has 3 heterocycles. The van der Waals surface area contributed by atoms with E-state index < -0.39 is 36.5 Å². The number of halogens is 4. The molecule has 360 valence electrons. The molecule has 0 saturated carbocycles. The van der Waals surface area contributed by atoms with Crippen molar-refractivity contribution in [3.8, 4) is 34.4 Å². The molecule has 3 aromatic carbocycles. The first-order valence-electron chi connectivity index (χ1n) is 24.0. The Morgan fingerprint density at radius 1 is 0.970 bits per heavy atom. The second-order valence-corrected chi connectivity index (χ2v) is 27.6. The molecule has 0 amide bonds. The molecule has 0 bridgehead atoms. The number of benzene rings is 3. The number of hydrogen-bond acceptors (Lipinski definition) is 7. The number of fused-ring (bicyclic) bond motifs is 2. The fourth-order valence-corrected chi connectivity index (χ4v) is 17.5. The number of hydrogen-bond donors (Lipinski definition) is 1. The lowest BCUT2D eigenvalue weighted by Gasteiger charge is -2.45. The summed E-state index contributed by atoms with van der Waals surface area (Å²) in [6, 6.07) is 8.40. The predicted molar refractivity (Wildman–Crippen MR) is 267 cm³/mol. The molecule has 3 atom stereocenters. The molecule has 2 saturated heterocycles. The third-order valence-electron chi connectivity index (χ3n) is 15.2. The van der Waals surface area contributed by atoms with E-state index in [1.54, 1.807) is 25.1 Å². The highest BCUT2D eigenvalue weighted by molar-refractivity contribution is 6.90. The van der Waals surface area contributed by atoms with Gasteiger partial charge in [-0.3, -0.25) is 0 Å². The van der Waals surface area contributed by atoms with E-state index in [0.717, 1.165) is 0 Å². The van der Waals surface area contributed by atoms with E-state index in [2.05, 4.69) is 99.4 Å². The van der Waals surface area contributed by atoms with Gasteiger partial charge in [0.2, 0.25) is 0 Å². The molecule has 7 nitrogen and oxygen atoms in total. The van der Waals surface area contributed by atoms with Crippen LogP contribution < -0.4 is 9.47 Å². The SMILES string of the molecule is CC(C)C(Oc1cc(-c2c(Cl)cc3c(C4CCOC(C)(O)C4)nc(OCC4(C)CN(C)CC/C4=C\F)nc3c2F)c2c(C#C[Si](C(C)C)(C(C)C)C(C)C)c(F)ccc2c1)(C(C)C)C(C)C. The van der Waals surface area contributed by atoms with Crippen molar-refractivity contribution in [3.63, 3.8) is 0 Å². The number of rotatable bonds is 13. The van der Waals surface area contributed by atoms with Crippen LogP contribution in [-0.4, -0.2) is 72.8 Å². The zero-order valence-electron chi connectivity index (χ0n) is 42.0. The van der Waals surface area contributed by atoms with Crippen molar-refractivity contribution in [2.45, 2.75) is 150 Å². The fraction of sp³-hybridized carbons (Fsp3) is 0.593. The first-order valence-corrected chi connectivity index (χ1v) is 26.6. The van der Waals surface area contributed by atoms with Crippen molar-refractivity contribution in [1.82, 2.24) is 14.9 Å². The maximum absolute atomic E-state index is 18.3. The maximum Gasteiger partial charge on any atom is 0.317 e. The predicted octanol–water partition coefficient (Wildman–Crippen LogP) is 14.2. The summed E-state index contributed by atoms with van der Waals surface area (Å²) < 4.78 is 68.6. The summed E-state index contributed by atoms with van der Waals surface area (Å²) in [5.41, 5.74) is 4.79. The lowest BCUT2D eigenvalue weighted by molar-refractivity contribution is -0.215. The number of aliphatic hydroxyl groups is 1. The Hall–Kier alpha value is -3.66. The van der Waals surface area contributed by atoms with Crippen LogP contribution >= 0.6 is 11.6 Å². The van der Waals surface area contributed by atoms with Gasteiger partial charge < -0.3 is 24.2 Å². The third-order valence-corrected chi connectivity index (χ3v) is 21.8. The van der Waals surface area contributed by atoms with Gasteiger partial charge in [0.05, 0.1) is 29.2 Å². The smallest absolute Gasteiger partial charge is 0.317 e. The van der Waals surface area contributed by atoms with Gasteiger partial charge >= 0.3 is 6.01 Å². The normalized spacial score (nSPS) is 21.9. The Labute approximate surface area is 398 Å².